The van der Waals surface area contributed by atoms with Crippen LogP contribution in [0.5, 0.6) is 11.5 Å². The molecule has 2 N–H and O–H groups in total. The van der Waals surface area contributed by atoms with Crippen LogP contribution >= 0.6 is 0 Å². The van der Waals surface area contributed by atoms with Crippen LogP contribution in [0.4, 0.5) is 0 Å². The summed E-state index contributed by atoms with van der Waals surface area (Å²) < 4.78 is 42.8. The summed E-state index contributed by atoms with van der Waals surface area (Å²) in [6.45, 7) is 0. The molecule has 4 saturated carbocycles. The van der Waals surface area contributed by atoms with Crippen LogP contribution in [-0.4, -0.2) is 73.3 Å². The number of ether oxygens (including phenoxy) is 2. The Balaban J connectivity index is 1.53. The lowest BCUT2D eigenvalue weighted by Gasteiger charge is -2.59. The number of fused-ring (bicyclic) bond motifs is 1. The fourth-order valence-corrected chi connectivity index (χ4v) is 9.81. The van der Waals surface area contributed by atoms with Crippen molar-refractivity contribution in [3.05, 3.63) is 66.4 Å². The highest BCUT2D eigenvalue weighted by Gasteiger charge is 2.62. The first kappa shape index (κ1) is 31.2. The van der Waals surface area contributed by atoms with Gasteiger partial charge in [0, 0.05) is 19.5 Å². The molecule has 1 aromatic heterocycles. The third-order valence-corrected chi connectivity index (χ3v) is 12.4. The number of aliphatic carboxylic acids is 1. The number of amides is 1. The average molecular weight is 659 g/mol. The third-order valence-electron chi connectivity index (χ3n) is 10.6. The monoisotopic (exact) mass is 658 g/mol. The van der Waals surface area contributed by atoms with Crippen LogP contribution in [0.15, 0.2) is 65.6 Å². The van der Waals surface area contributed by atoms with Crippen molar-refractivity contribution in [1.29, 1.82) is 0 Å². The second-order valence-corrected chi connectivity index (χ2v) is 15.3. The van der Waals surface area contributed by atoms with Crippen molar-refractivity contribution in [3.8, 4) is 28.4 Å². The van der Waals surface area contributed by atoms with Gasteiger partial charge in [-0.25, -0.2) is 22.2 Å². The van der Waals surface area contributed by atoms with Crippen molar-refractivity contribution in [2.45, 2.75) is 42.5 Å². The minimum absolute atomic E-state index is 0.0592. The van der Waals surface area contributed by atoms with Gasteiger partial charge in [-0.05, 0) is 79.4 Å². The molecular weight excluding hydrogens is 620 g/mol. The lowest BCUT2D eigenvalue weighted by Crippen LogP contribution is -2.70. The fourth-order valence-electron chi connectivity index (χ4n) is 8.63. The number of methoxy groups -OCH3 is 2. The van der Waals surface area contributed by atoms with E-state index in [1.54, 1.807) is 24.3 Å². The van der Waals surface area contributed by atoms with Gasteiger partial charge in [0.25, 0.3) is 5.91 Å². The molecule has 1 amide bonds. The third kappa shape index (κ3) is 4.71. The zero-order chi connectivity index (χ0) is 33.2. The predicted molar refractivity (Wildman–Crippen MR) is 175 cm³/mol. The van der Waals surface area contributed by atoms with E-state index in [1.165, 1.54) is 33.0 Å². The van der Waals surface area contributed by atoms with Crippen molar-refractivity contribution in [2.24, 2.45) is 23.7 Å². The number of rotatable bonds is 9. The normalized spacial score (nSPS) is 24.9. The summed E-state index contributed by atoms with van der Waals surface area (Å²) in [7, 11) is 1.30. The number of aromatic nitrogens is 2. The number of benzene rings is 3. The van der Waals surface area contributed by atoms with E-state index < -0.39 is 33.1 Å². The van der Waals surface area contributed by atoms with Crippen molar-refractivity contribution < 1.29 is 32.6 Å². The van der Waals surface area contributed by atoms with Crippen LogP contribution in [0.25, 0.3) is 27.7 Å². The molecule has 4 bridgehead atoms. The number of hydrogen-bond donors (Lipinski definition) is 2. The molecule has 11 nitrogen and oxygen atoms in total. The molecular formula is C35H38N4O7S. The van der Waals surface area contributed by atoms with E-state index in [9.17, 15) is 23.1 Å². The number of nitrogens with one attached hydrogen (secondary N) is 1. The van der Waals surface area contributed by atoms with Gasteiger partial charge in [-0.2, -0.15) is 5.10 Å². The zero-order valence-electron chi connectivity index (χ0n) is 26.8. The van der Waals surface area contributed by atoms with Crippen molar-refractivity contribution >= 4 is 32.7 Å². The molecule has 1 heterocycles. The van der Waals surface area contributed by atoms with Gasteiger partial charge >= 0.3 is 5.97 Å². The molecule has 4 aliphatic carbocycles. The number of hydrogen-bond acceptors (Lipinski definition) is 7. The minimum Gasteiger partial charge on any atom is -0.496 e. The van der Waals surface area contributed by atoms with Crippen LogP contribution in [0.2, 0.25) is 0 Å². The summed E-state index contributed by atoms with van der Waals surface area (Å²) in [5.41, 5.74) is -1.06. The molecule has 246 valence electrons. The summed E-state index contributed by atoms with van der Waals surface area (Å²) in [4.78, 5) is 27.5. The smallest absolute Gasteiger partial charge is 0.330 e. The Morgan fingerprint density at radius 2 is 1.47 bits per heavy atom. The first-order valence-electron chi connectivity index (χ1n) is 15.8. The molecule has 8 rings (SSSR count). The first-order chi connectivity index (χ1) is 22.5. The Kier molecular flexibility index (Phi) is 7.55. The minimum atomic E-state index is -4.39. The number of sulfonamides is 1. The van der Waals surface area contributed by atoms with Gasteiger partial charge in [0.05, 0.1) is 25.5 Å². The molecule has 4 aliphatic rings. The van der Waals surface area contributed by atoms with Gasteiger partial charge in [-0.1, -0.05) is 42.5 Å². The number of nitrogens with zero attached hydrogens (tertiary/aromatic N) is 3. The van der Waals surface area contributed by atoms with E-state index >= 15 is 0 Å². The second-order valence-electron chi connectivity index (χ2n) is 13.2. The second kappa shape index (κ2) is 11.4. The highest BCUT2D eigenvalue weighted by atomic mass is 32.2. The summed E-state index contributed by atoms with van der Waals surface area (Å²) >= 11 is 0. The van der Waals surface area contributed by atoms with E-state index in [0.29, 0.717) is 29.0 Å². The van der Waals surface area contributed by atoms with E-state index in [4.69, 9.17) is 14.6 Å². The van der Waals surface area contributed by atoms with Gasteiger partial charge in [0.15, 0.2) is 5.69 Å². The standard InChI is InChI=1S/C35H38N4O7S/c1-38(2)47(43,44)32-30(33(40)36-35(34(41)42)23-16-20-15-21(18-23)19-24(35)17-20)37-39(26-12-7-10-22-9-5-6-11-25(22)26)31(32)29-27(45-3)13-8-14-28(29)46-4/h5-14,20-21,23-24H,15-19H2,1-4H3,(H,36,40)(H,41,42). The molecule has 47 heavy (non-hydrogen) atoms. The quantitative estimate of drug-likeness (QED) is 0.257. The fraction of sp³-hybridized carbons (Fsp3) is 0.400. The van der Waals surface area contributed by atoms with Crippen LogP contribution < -0.4 is 14.8 Å². The van der Waals surface area contributed by atoms with Crippen LogP contribution in [0.1, 0.15) is 42.6 Å². The Hall–Kier alpha value is -4.42. The average Bonchev–Trinajstić information content (AvgIpc) is 3.46. The zero-order valence-corrected chi connectivity index (χ0v) is 27.6. The van der Waals surface area contributed by atoms with E-state index in [0.717, 1.165) is 47.2 Å². The van der Waals surface area contributed by atoms with Crippen molar-refractivity contribution in [3.63, 3.8) is 0 Å². The Morgan fingerprint density at radius 1 is 0.894 bits per heavy atom. The lowest BCUT2D eigenvalue weighted by atomic mass is 9.48. The largest absolute Gasteiger partial charge is 0.496 e. The molecule has 4 fully saturated rings. The molecule has 0 radical (unpaired) electrons. The van der Waals surface area contributed by atoms with E-state index in [-0.39, 0.29) is 28.0 Å². The number of carboxylic acid groups (broad SMARTS) is 1. The Bertz CT molecular complexity index is 1960. The van der Waals surface area contributed by atoms with Crippen LogP contribution in [0, 0.1) is 23.7 Å². The van der Waals surface area contributed by atoms with Gasteiger partial charge < -0.3 is 19.9 Å². The molecule has 0 unspecified atom stereocenters. The molecule has 3 aromatic carbocycles. The summed E-state index contributed by atoms with van der Waals surface area (Å²) in [5.74, 6) is -0.937. The number of carbonyl (C=O) groups is 2. The summed E-state index contributed by atoms with van der Waals surface area (Å²) in [5, 5.41) is 20.1. The maximum Gasteiger partial charge on any atom is 0.330 e. The molecule has 0 saturated heterocycles. The van der Waals surface area contributed by atoms with Gasteiger partial charge in [0.2, 0.25) is 10.0 Å². The molecule has 4 aromatic rings. The van der Waals surface area contributed by atoms with Crippen LogP contribution in [-0.2, 0) is 14.8 Å². The lowest BCUT2D eigenvalue weighted by molar-refractivity contribution is -0.163. The molecule has 0 aliphatic heterocycles. The maximum atomic E-state index is 14.6. The molecule has 12 heteroatoms. The first-order valence-corrected chi connectivity index (χ1v) is 17.3. The topological polar surface area (TPSA) is 140 Å². The number of carbonyl (C=O) groups excluding carboxylic acids is 1. The SMILES string of the molecule is COc1cccc(OC)c1-c1c(S(=O)(=O)N(C)C)c(C(=O)NC2(C(=O)O)C3CC4CC(C3)CC2C4)nn1-c1cccc2ccccc12. The highest BCUT2D eigenvalue weighted by Crippen LogP contribution is 2.58. The van der Waals surface area contributed by atoms with Crippen molar-refractivity contribution in [2.75, 3.05) is 28.3 Å². The summed E-state index contributed by atoms with van der Waals surface area (Å²) in [6, 6.07) is 18.2. The number of carboxylic acids is 1. The maximum absolute atomic E-state index is 14.6. The van der Waals surface area contributed by atoms with Gasteiger partial charge in [-0.15, -0.1) is 0 Å². The Morgan fingerprint density at radius 3 is 2.04 bits per heavy atom. The highest BCUT2D eigenvalue weighted by molar-refractivity contribution is 7.89. The molecule has 0 spiro atoms. The molecule has 0 atom stereocenters. The van der Waals surface area contributed by atoms with Gasteiger partial charge in [-0.3, -0.25) is 4.79 Å². The van der Waals surface area contributed by atoms with E-state index in [1.807, 2.05) is 36.4 Å². The Labute approximate surface area is 273 Å². The van der Waals surface area contributed by atoms with E-state index in [2.05, 4.69) is 5.32 Å². The predicted octanol–water partition coefficient (Wildman–Crippen LogP) is 4.97. The summed E-state index contributed by atoms with van der Waals surface area (Å²) in [6.07, 6.45) is 3.97. The van der Waals surface area contributed by atoms with Crippen molar-refractivity contribution in [1.82, 2.24) is 19.4 Å². The van der Waals surface area contributed by atoms with Gasteiger partial charge in [0.1, 0.15) is 27.6 Å². The van der Waals surface area contributed by atoms with Crippen LogP contribution in [0.3, 0.4) is 0 Å².